The molecule has 0 aliphatic heterocycles. The van der Waals surface area contributed by atoms with Gasteiger partial charge in [0.05, 0.1) is 0 Å². The minimum atomic E-state index is 0.492. The summed E-state index contributed by atoms with van der Waals surface area (Å²) in [6.45, 7) is 12.2. The van der Waals surface area contributed by atoms with Crippen molar-refractivity contribution >= 4 is 0 Å². The number of rotatable bonds is 7. The molecule has 3 nitrogen and oxygen atoms in total. The first-order chi connectivity index (χ1) is 8.06. The smallest absolute Gasteiger partial charge is 0.111 e. The van der Waals surface area contributed by atoms with Gasteiger partial charge >= 0.3 is 0 Å². The summed E-state index contributed by atoms with van der Waals surface area (Å²) in [5.74, 6) is 1.69. The third-order valence-corrected chi connectivity index (χ3v) is 3.13. The van der Waals surface area contributed by atoms with E-state index >= 15 is 0 Å². The van der Waals surface area contributed by atoms with Crippen LogP contribution in [0.25, 0.3) is 0 Å². The number of nitrogens with zero attached hydrogens (tertiary/aromatic N) is 2. The summed E-state index contributed by atoms with van der Waals surface area (Å²) in [4.78, 5) is 4.45. The van der Waals surface area contributed by atoms with Gasteiger partial charge < -0.3 is 9.88 Å². The van der Waals surface area contributed by atoms with Crippen LogP contribution in [0.5, 0.6) is 0 Å². The van der Waals surface area contributed by atoms with Crippen molar-refractivity contribution < 1.29 is 0 Å². The van der Waals surface area contributed by atoms with Gasteiger partial charge in [-0.25, -0.2) is 4.98 Å². The lowest BCUT2D eigenvalue weighted by atomic mass is 10.1. The molecule has 1 aromatic heterocycles. The summed E-state index contributed by atoms with van der Waals surface area (Å²) in [7, 11) is 0. The lowest BCUT2D eigenvalue weighted by molar-refractivity contribution is 0.402. The number of nitrogens with one attached hydrogen (secondary N) is 1. The van der Waals surface area contributed by atoms with Crippen LogP contribution in [0.4, 0.5) is 0 Å². The molecular formula is C14H27N3. The van der Waals surface area contributed by atoms with E-state index in [9.17, 15) is 0 Å². The van der Waals surface area contributed by atoms with E-state index in [1.807, 2.05) is 6.20 Å². The van der Waals surface area contributed by atoms with Gasteiger partial charge in [0.15, 0.2) is 0 Å². The third kappa shape index (κ3) is 4.15. The summed E-state index contributed by atoms with van der Waals surface area (Å²) in [6, 6.07) is 1.07. The van der Waals surface area contributed by atoms with Gasteiger partial charge in [0.1, 0.15) is 5.82 Å². The van der Waals surface area contributed by atoms with Crippen molar-refractivity contribution in [1.82, 2.24) is 14.9 Å². The molecule has 0 aromatic carbocycles. The third-order valence-electron chi connectivity index (χ3n) is 3.13. The zero-order chi connectivity index (χ0) is 12.8. The van der Waals surface area contributed by atoms with Crippen molar-refractivity contribution in [2.45, 2.75) is 65.5 Å². The fourth-order valence-electron chi connectivity index (χ4n) is 2.24. The van der Waals surface area contributed by atoms with Crippen LogP contribution in [0.2, 0.25) is 0 Å². The number of hydrogen-bond acceptors (Lipinski definition) is 2. The Morgan fingerprint density at radius 1 is 1.29 bits per heavy atom. The van der Waals surface area contributed by atoms with E-state index in [0.29, 0.717) is 18.0 Å². The molecule has 0 amide bonds. The van der Waals surface area contributed by atoms with Crippen molar-refractivity contribution in [3.63, 3.8) is 0 Å². The van der Waals surface area contributed by atoms with Crippen LogP contribution in [0.15, 0.2) is 12.4 Å². The molecule has 2 unspecified atom stereocenters. The normalized spacial score (nSPS) is 15.2. The average Bonchev–Trinajstić information content (AvgIpc) is 2.75. The van der Waals surface area contributed by atoms with Gasteiger partial charge in [-0.1, -0.05) is 20.8 Å². The van der Waals surface area contributed by atoms with Crippen LogP contribution in [-0.2, 0) is 0 Å². The Morgan fingerprint density at radius 2 is 2.00 bits per heavy atom. The zero-order valence-electron chi connectivity index (χ0n) is 11.9. The monoisotopic (exact) mass is 237 g/mol. The Bertz CT molecular complexity index is 317. The second-order valence-corrected chi connectivity index (χ2v) is 5.29. The van der Waals surface area contributed by atoms with Crippen LogP contribution in [0, 0.1) is 0 Å². The van der Waals surface area contributed by atoms with Crippen molar-refractivity contribution in [3.05, 3.63) is 18.2 Å². The van der Waals surface area contributed by atoms with Crippen molar-refractivity contribution in [2.24, 2.45) is 0 Å². The predicted molar refractivity (Wildman–Crippen MR) is 73.4 cm³/mol. The molecule has 0 bridgehead atoms. The molecule has 98 valence electrons. The molecule has 3 heteroatoms. The molecule has 2 atom stereocenters. The van der Waals surface area contributed by atoms with E-state index in [4.69, 9.17) is 0 Å². The Hall–Kier alpha value is -0.830. The summed E-state index contributed by atoms with van der Waals surface area (Å²) < 4.78 is 2.31. The number of aromatic nitrogens is 2. The molecular weight excluding hydrogens is 210 g/mol. The van der Waals surface area contributed by atoms with E-state index in [1.54, 1.807) is 0 Å². The van der Waals surface area contributed by atoms with E-state index in [2.05, 4.69) is 55.7 Å². The van der Waals surface area contributed by atoms with Crippen LogP contribution in [-0.4, -0.2) is 22.1 Å². The van der Waals surface area contributed by atoms with Crippen LogP contribution in [0.3, 0.4) is 0 Å². The Morgan fingerprint density at radius 3 is 2.59 bits per heavy atom. The lowest BCUT2D eigenvalue weighted by Crippen LogP contribution is -2.29. The van der Waals surface area contributed by atoms with Gasteiger partial charge in [0.25, 0.3) is 0 Å². The largest absolute Gasteiger partial charge is 0.332 e. The molecule has 0 aliphatic rings. The van der Waals surface area contributed by atoms with E-state index < -0.39 is 0 Å². The molecule has 17 heavy (non-hydrogen) atoms. The highest BCUT2D eigenvalue weighted by atomic mass is 15.1. The second-order valence-electron chi connectivity index (χ2n) is 5.29. The summed E-state index contributed by atoms with van der Waals surface area (Å²) in [5, 5.41) is 3.54. The Labute approximate surface area is 106 Å². The van der Waals surface area contributed by atoms with Gasteiger partial charge in [0.2, 0.25) is 0 Å². The highest BCUT2D eigenvalue weighted by Crippen LogP contribution is 2.20. The highest BCUT2D eigenvalue weighted by Gasteiger charge is 2.14. The average molecular weight is 237 g/mol. The molecule has 0 aliphatic carbocycles. The molecule has 0 spiro atoms. The molecule has 1 rings (SSSR count). The van der Waals surface area contributed by atoms with Crippen molar-refractivity contribution in [1.29, 1.82) is 0 Å². The second kappa shape index (κ2) is 6.80. The predicted octanol–water partition coefficient (Wildman–Crippen LogP) is 3.35. The maximum Gasteiger partial charge on any atom is 0.111 e. The molecule has 1 aromatic rings. The van der Waals surface area contributed by atoms with Gasteiger partial charge in [-0.15, -0.1) is 0 Å². The van der Waals surface area contributed by atoms with E-state index in [1.165, 1.54) is 12.2 Å². The first kappa shape index (κ1) is 14.2. The topological polar surface area (TPSA) is 29.9 Å². The molecule has 0 fully saturated rings. The molecule has 0 saturated carbocycles. The first-order valence-corrected chi connectivity index (χ1v) is 6.82. The van der Waals surface area contributed by atoms with Crippen LogP contribution < -0.4 is 5.32 Å². The van der Waals surface area contributed by atoms with Gasteiger partial charge in [0, 0.05) is 30.4 Å². The van der Waals surface area contributed by atoms with Gasteiger partial charge in [-0.3, -0.25) is 0 Å². The molecule has 0 saturated heterocycles. The van der Waals surface area contributed by atoms with Gasteiger partial charge in [-0.05, 0) is 33.2 Å². The summed E-state index contributed by atoms with van der Waals surface area (Å²) in [6.07, 6.45) is 6.36. The SMILES string of the molecule is CCCNC(C)CC(C)n1ccnc1C(C)C. The van der Waals surface area contributed by atoms with E-state index in [0.717, 1.165) is 13.0 Å². The maximum absolute atomic E-state index is 4.45. The minimum absolute atomic E-state index is 0.492. The Kier molecular flexibility index (Phi) is 5.69. The van der Waals surface area contributed by atoms with Crippen LogP contribution in [0.1, 0.15) is 65.2 Å². The minimum Gasteiger partial charge on any atom is -0.332 e. The van der Waals surface area contributed by atoms with Crippen molar-refractivity contribution in [3.8, 4) is 0 Å². The highest BCUT2D eigenvalue weighted by molar-refractivity contribution is 4.99. The number of imidazole rings is 1. The Balaban J connectivity index is 2.57. The fourth-order valence-corrected chi connectivity index (χ4v) is 2.24. The zero-order valence-corrected chi connectivity index (χ0v) is 11.9. The first-order valence-electron chi connectivity index (χ1n) is 6.82. The van der Waals surface area contributed by atoms with E-state index in [-0.39, 0.29) is 0 Å². The lowest BCUT2D eigenvalue weighted by Gasteiger charge is -2.22. The quantitative estimate of drug-likeness (QED) is 0.788. The fraction of sp³-hybridized carbons (Fsp3) is 0.786. The molecule has 1 heterocycles. The summed E-state index contributed by atoms with van der Waals surface area (Å²) >= 11 is 0. The van der Waals surface area contributed by atoms with Crippen LogP contribution >= 0.6 is 0 Å². The number of hydrogen-bond donors (Lipinski definition) is 1. The summed E-state index contributed by atoms with van der Waals surface area (Å²) in [5.41, 5.74) is 0. The molecule has 1 N–H and O–H groups in total. The maximum atomic E-state index is 4.45. The van der Waals surface area contributed by atoms with Gasteiger partial charge in [-0.2, -0.15) is 0 Å². The standard InChI is InChI=1S/C14H27N3/c1-6-7-15-12(4)10-13(5)17-9-8-16-14(17)11(2)3/h8-9,11-13,15H,6-7,10H2,1-5H3. The van der Waals surface area contributed by atoms with Crippen molar-refractivity contribution in [2.75, 3.05) is 6.54 Å². The molecule has 0 radical (unpaired) electrons.